The Morgan fingerprint density at radius 2 is 2.00 bits per heavy atom. The molecular formula is C14H18ClN3O. The Balaban J connectivity index is 1.82. The monoisotopic (exact) mass is 279 g/mol. The van der Waals surface area contributed by atoms with Gasteiger partial charge in [-0.1, -0.05) is 24.4 Å². The summed E-state index contributed by atoms with van der Waals surface area (Å²) in [6.45, 7) is 0.841. The first kappa shape index (κ1) is 12.9. The van der Waals surface area contributed by atoms with Crippen molar-refractivity contribution in [2.45, 2.75) is 44.6 Å². The van der Waals surface area contributed by atoms with E-state index in [2.05, 4.69) is 9.97 Å². The van der Waals surface area contributed by atoms with Gasteiger partial charge in [-0.3, -0.25) is 9.78 Å². The van der Waals surface area contributed by atoms with Crippen LogP contribution < -0.4 is 0 Å². The molecule has 102 valence electrons. The van der Waals surface area contributed by atoms with E-state index in [1.54, 1.807) is 0 Å². The van der Waals surface area contributed by atoms with Crippen LogP contribution in [0.5, 0.6) is 0 Å². The third kappa shape index (κ3) is 2.59. The highest BCUT2D eigenvalue weighted by Gasteiger charge is 2.36. The fourth-order valence-electron chi connectivity index (χ4n) is 3.47. The number of amides is 1. The van der Waals surface area contributed by atoms with E-state index in [-0.39, 0.29) is 11.1 Å². The maximum atomic E-state index is 12.6. The lowest BCUT2D eigenvalue weighted by Gasteiger charge is -2.43. The summed E-state index contributed by atoms with van der Waals surface area (Å²) in [6, 6.07) is 0.399. The van der Waals surface area contributed by atoms with Crippen LogP contribution in [0, 0.1) is 5.92 Å². The van der Waals surface area contributed by atoms with Crippen molar-refractivity contribution in [2.75, 3.05) is 6.54 Å². The molecule has 1 aromatic heterocycles. The Morgan fingerprint density at radius 1 is 1.21 bits per heavy atom. The standard InChI is InChI=1S/C14H18ClN3O/c15-13-9-16-8-11(17-13)14(19)18-7-3-5-10-4-1-2-6-12(10)18/h8-10,12H,1-7H2/t10-,12-/m1/s1. The number of hydrogen-bond donors (Lipinski definition) is 0. The fraction of sp³-hybridized carbons (Fsp3) is 0.643. The lowest BCUT2D eigenvalue weighted by Crippen LogP contribution is -2.49. The largest absolute Gasteiger partial charge is 0.334 e. The summed E-state index contributed by atoms with van der Waals surface area (Å²) in [5.74, 6) is 0.671. The molecule has 1 aromatic rings. The van der Waals surface area contributed by atoms with E-state index in [1.165, 1.54) is 38.1 Å². The zero-order chi connectivity index (χ0) is 13.2. The van der Waals surface area contributed by atoms with Crippen LogP contribution in [0.15, 0.2) is 12.4 Å². The number of likely N-dealkylation sites (tertiary alicyclic amines) is 1. The summed E-state index contributed by atoms with van der Waals surface area (Å²) >= 11 is 5.82. The second-order valence-electron chi connectivity index (χ2n) is 5.48. The molecule has 2 heterocycles. The van der Waals surface area contributed by atoms with Crippen molar-refractivity contribution in [3.05, 3.63) is 23.2 Å². The minimum Gasteiger partial charge on any atom is -0.334 e. The number of fused-ring (bicyclic) bond motifs is 1. The summed E-state index contributed by atoms with van der Waals surface area (Å²) in [5.41, 5.74) is 0.374. The van der Waals surface area contributed by atoms with Gasteiger partial charge in [0.2, 0.25) is 0 Å². The van der Waals surface area contributed by atoms with Gasteiger partial charge >= 0.3 is 0 Å². The van der Waals surface area contributed by atoms with Gasteiger partial charge in [-0.2, -0.15) is 0 Å². The predicted molar refractivity (Wildman–Crippen MR) is 73.1 cm³/mol. The summed E-state index contributed by atoms with van der Waals surface area (Å²) < 4.78 is 0. The van der Waals surface area contributed by atoms with Crippen molar-refractivity contribution < 1.29 is 4.79 Å². The minimum atomic E-state index is -0.00778. The van der Waals surface area contributed by atoms with Gasteiger partial charge < -0.3 is 4.90 Å². The molecule has 0 unspecified atom stereocenters. The molecule has 0 N–H and O–H groups in total. The van der Waals surface area contributed by atoms with Crippen molar-refractivity contribution in [3.8, 4) is 0 Å². The molecule has 19 heavy (non-hydrogen) atoms. The average Bonchev–Trinajstić information content (AvgIpc) is 2.46. The van der Waals surface area contributed by atoms with E-state index in [1.807, 2.05) is 4.90 Å². The van der Waals surface area contributed by atoms with E-state index in [4.69, 9.17) is 11.6 Å². The van der Waals surface area contributed by atoms with E-state index in [0.717, 1.165) is 19.4 Å². The molecule has 2 atom stereocenters. The molecule has 0 bridgehead atoms. The third-order valence-corrected chi connectivity index (χ3v) is 4.51. The highest BCUT2D eigenvalue weighted by molar-refractivity contribution is 6.29. The molecule has 4 nitrogen and oxygen atoms in total. The van der Waals surface area contributed by atoms with E-state index in [0.29, 0.717) is 17.7 Å². The van der Waals surface area contributed by atoms with Gasteiger partial charge in [0, 0.05) is 12.6 Å². The van der Waals surface area contributed by atoms with Crippen molar-refractivity contribution in [2.24, 2.45) is 5.92 Å². The topological polar surface area (TPSA) is 46.1 Å². The summed E-state index contributed by atoms with van der Waals surface area (Å²) in [6.07, 6.45) is 10.3. The molecule has 1 aliphatic heterocycles. The molecule has 3 rings (SSSR count). The molecule has 1 saturated heterocycles. The van der Waals surface area contributed by atoms with Crippen molar-refractivity contribution in [1.82, 2.24) is 14.9 Å². The molecule has 0 radical (unpaired) electrons. The lowest BCUT2D eigenvalue weighted by molar-refractivity contribution is 0.0385. The second kappa shape index (κ2) is 5.45. The normalized spacial score (nSPS) is 26.9. The van der Waals surface area contributed by atoms with Crippen molar-refractivity contribution >= 4 is 17.5 Å². The van der Waals surface area contributed by atoms with Gasteiger partial charge in [0.1, 0.15) is 10.8 Å². The van der Waals surface area contributed by atoms with E-state index in [9.17, 15) is 4.79 Å². The number of halogens is 1. The molecule has 1 amide bonds. The van der Waals surface area contributed by atoms with Crippen LogP contribution in [0.2, 0.25) is 5.15 Å². The van der Waals surface area contributed by atoms with Crippen LogP contribution in [0.1, 0.15) is 49.0 Å². The molecule has 0 aromatic carbocycles. The molecule has 1 saturated carbocycles. The van der Waals surface area contributed by atoms with E-state index < -0.39 is 0 Å². The molecule has 2 fully saturated rings. The average molecular weight is 280 g/mol. The number of piperidine rings is 1. The maximum Gasteiger partial charge on any atom is 0.274 e. The first-order valence-corrected chi connectivity index (χ1v) is 7.42. The number of carbonyl (C=O) groups excluding carboxylic acids is 1. The molecule has 2 aliphatic rings. The van der Waals surface area contributed by atoms with Crippen LogP contribution >= 0.6 is 11.6 Å². The van der Waals surface area contributed by atoms with Crippen molar-refractivity contribution in [1.29, 1.82) is 0 Å². The zero-order valence-corrected chi connectivity index (χ0v) is 11.6. The van der Waals surface area contributed by atoms with Gasteiger partial charge in [-0.05, 0) is 31.6 Å². The van der Waals surface area contributed by atoms with Crippen molar-refractivity contribution in [3.63, 3.8) is 0 Å². The molecule has 1 aliphatic carbocycles. The minimum absolute atomic E-state index is 0.00778. The third-order valence-electron chi connectivity index (χ3n) is 4.33. The number of aromatic nitrogens is 2. The molecular weight excluding hydrogens is 262 g/mol. The summed E-state index contributed by atoms with van der Waals surface area (Å²) in [5, 5.41) is 0.281. The van der Waals surface area contributed by atoms with E-state index >= 15 is 0 Å². The van der Waals surface area contributed by atoms with Gasteiger partial charge in [-0.25, -0.2) is 4.98 Å². The fourth-order valence-corrected chi connectivity index (χ4v) is 3.62. The van der Waals surface area contributed by atoms with Crippen LogP contribution in [0.4, 0.5) is 0 Å². The Bertz CT molecular complexity index is 478. The number of carbonyl (C=O) groups is 1. The second-order valence-corrected chi connectivity index (χ2v) is 5.87. The molecule has 0 spiro atoms. The SMILES string of the molecule is O=C(c1cncc(Cl)n1)N1CCC[C@H]2CCCC[C@H]21. The summed E-state index contributed by atoms with van der Waals surface area (Å²) in [4.78, 5) is 22.6. The lowest BCUT2D eigenvalue weighted by atomic mass is 9.78. The quantitative estimate of drug-likeness (QED) is 0.794. The number of nitrogens with zero attached hydrogens (tertiary/aromatic N) is 3. The van der Waals surface area contributed by atoms with Gasteiger partial charge in [0.05, 0.1) is 12.4 Å². The predicted octanol–water partition coefficient (Wildman–Crippen LogP) is 2.92. The Morgan fingerprint density at radius 3 is 2.84 bits per heavy atom. The first-order chi connectivity index (χ1) is 9.25. The molecule has 5 heteroatoms. The number of rotatable bonds is 1. The zero-order valence-electron chi connectivity index (χ0n) is 10.9. The Kier molecular flexibility index (Phi) is 3.69. The highest BCUT2D eigenvalue weighted by Crippen LogP contribution is 2.35. The van der Waals surface area contributed by atoms with Crippen LogP contribution in [-0.4, -0.2) is 33.4 Å². The van der Waals surface area contributed by atoms with Gasteiger partial charge in [0.25, 0.3) is 5.91 Å². The van der Waals surface area contributed by atoms with Crippen LogP contribution in [0.3, 0.4) is 0 Å². The highest BCUT2D eigenvalue weighted by atomic mass is 35.5. The first-order valence-electron chi connectivity index (χ1n) is 7.04. The number of hydrogen-bond acceptors (Lipinski definition) is 3. The Hall–Kier alpha value is -1.16. The van der Waals surface area contributed by atoms with Crippen LogP contribution in [-0.2, 0) is 0 Å². The smallest absolute Gasteiger partial charge is 0.274 e. The van der Waals surface area contributed by atoms with Gasteiger partial charge in [0.15, 0.2) is 0 Å². The Labute approximate surface area is 118 Å². The van der Waals surface area contributed by atoms with Gasteiger partial charge in [-0.15, -0.1) is 0 Å². The summed E-state index contributed by atoms with van der Waals surface area (Å²) in [7, 11) is 0. The van der Waals surface area contributed by atoms with Crippen LogP contribution in [0.25, 0.3) is 0 Å². The maximum absolute atomic E-state index is 12.6.